The maximum Gasteiger partial charge on any atom is 0.389 e. The van der Waals surface area contributed by atoms with Gasteiger partial charge in [-0.2, -0.15) is 9.67 Å². The molecule has 0 aliphatic carbocycles. The number of nitrogens with zero attached hydrogens (tertiary/aromatic N) is 5. The van der Waals surface area contributed by atoms with Crippen molar-refractivity contribution in [3.63, 3.8) is 0 Å². The summed E-state index contributed by atoms with van der Waals surface area (Å²) < 4.78 is 6.10. The number of rotatable bonds is 8. The molecule has 2 amide bonds. The van der Waals surface area contributed by atoms with Gasteiger partial charge in [0.2, 0.25) is 0 Å². The molecule has 30 heavy (non-hydrogen) atoms. The molecule has 0 unspecified atom stereocenters. The lowest BCUT2D eigenvalue weighted by atomic mass is 10.2. The lowest BCUT2D eigenvalue weighted by Crippen LogP contribution is -2.35. The molecule has 12 nitrogen and oxygen atoms in total. The van der Waals surface area contributed by atoms with Gasteiger partial charge in [0.1, 0.15) is 6.54 Å². The fourth-order valence-corrected chi connectivity index (χ4v) is 2.66. The molecule has 0 radical (unpaired) electrons. The van der Waals surface area contributed by atoms with Crippen LogP contribution >= 0.6 is 23.2 Å². The van der Waals surface area contributed by atoms with E-state index in [-0.39, 0.29) is 47.8 Å². The number of halogens is 2. The summed E-state index contributed by atoms with van der Waals surface area (Å²) in [4.78, 5) is 38.0. The molecule has 0 saturated heterocycles. The highest BCUT2D eigenvalue weighted by Gasteiger charge is 2.18. The SMILES string of the molecule is O=C(NCCNC(=O)c1cc(Cl)ccc1Cl)c1nc(Cn2ccc([N+](=O)[O-])n2)no1. The number of carbonyl (C=O) groups is 2. The number of benzene rings is 1. The van der Waals surface area contributed by atoms with E-state index in [9.17, 15) is 19.7 Å². The van der Waals surface area contributed by atoms with Crippen LogP contribution < -0.4 is 10.6 Å². The van der Waals surface area contributed by atoms with Crippen LogP contribution in [0.5, 0.6) is 0 Å². The van der Waals surface area contributed by atoms with Crippen LogP contribution in [-0.2, 0) is 6.54 Å². The maximum absolute atomic E-state index is 12.1. The molecule has 0 aliphatic heterocycles. The molecule has 2 aromatic heterocycles. The third-order valence-electron chi connectivity index (χ3n) is 3.65. The molecule has 0 fully saturated rings. The van der Waals surface area contributed by atoms with Gasteiger partial charge >= 0.3 is 17.6 Å². The second kappa shape index (κ2) is 9.33. The number of hydrogen-bond donors (Lipinski definition) is 2. The Bertz CT molecular complexity index is 1100. The zero-order valence-corrected chi connectivity index (χ0v) is 16.6. The van der Waals surface area contributed by atoms with Crippen LogP contribution in [0.25, 0.3) is 0 Å². The van der Waals surface area contributed by atoms with Crippen molar-refractivity contribution in [1.82, 2.24) is 30.6 Å². The van der Waals surface area contributed by atoms with Gasteiger partial charge in [0.05, 0.1) is 27.9 Å². The van der Waals surface area contributed by atoms with Crippen LogP contribution in [0, 0.1) is 10.1 Å². The third-order valence-corrected chi connectivity index (χ3v) is 4.21. The van der Waals surface area contributed by atoms with Gasteiger partial charge < -0.3 is 25.3 Å². The summed E-state index contributed by atoms with van der Waals surface area (Å²) in [7, 11) is 0. The minimum absolute atomic E-state index is 0.0128. The van der Waals surface area contributed by atoms with Crippen LogP contribution in [0.1, 0.15) is 26.9 Å². The van der Waals surface area contributed by atoms with Gasteiger partial charge in [0.25, 0.3) is 5.91 Å². The lowest BCUT2D eigenvalue weighted by molar-refractivity contribution is -0.389. The van der Waals surface area contributed by atoms with E-state index >= 15 is 0 Å². The molecule has 0 spiro atoms. The summed E-state index contributed by atoms with van der Waals surface area (Å²) in [5, 5.41) is 23.7. The first-order chi connectivity index (χ1) is 14.3. The van der Waals surface area contributed by atoms with E-state index in [1.54, 1.807) is 6.07 Å². The molecule has 2 N–H and O–H groups in total. The van der Waals surface area contributed by atoms with Crippen molar-refractivity contribution >= 4 is 40.8 Å². The Morgan fingerprint density at radius 1 is 1.17 bits per heavy atom. The Labute approximate surface area is 178 Å². The monoisotopic (exact) mass is 453 g/mol. The number of nitro groups is 1. The number of carbonyl (C=O) groups excluding carboxylic acids is 2. The Kier molecular flexibility index (Phi) is 6.59. The normalized spacial score (nSPS) is 10.6. The fraction of sp³-hybridized carbons (Fsp3) is 0.188. The smallest absolute Gasteiger partial charge is 0.358 e. The molecule has 156 valence electrons. The van der Waals surface area contributed by atoms with Crippen LogP contribution in [0.15, 0.2) is 35.0 Å². The molecule has 0 aliphatic rings. The Hall–Kier alpha value is -3.51. The maximum atomic E-state index is 12.1. The summed E-state index contributed by atoms with van der Waals surface area (Å²) >= 11 is 11.8. The zero-order chi connectivity index (χ0) is 21.7. The van der Waals surface area contributed by atoms with Crippen LogP contribution in [-0.4, -0.2) is 49.7 Å². The predicted molar refractivity (Wildman–Crippen MR) is 103 cm³/mol. The first kappa shape index (κ1) is 21.2. The standard InChI is InChI=1S/C16H13Cl2N7O5/c17-9-1-2-11(18)10(7-9)14(26)19-4-5-20-15(27)16-21-12(23-30-16)8-24-6-3-13(22-24)25(28)29/h1-3,6-7H,4-5,8H2,(H,19,26)(H,20,27). The molecular weight excluding hydrogens is 441 g/mol. The minimum Gasteiger partial charge on any atom is -0.358 e. The van der Waals surface area contributed by atoms with Crippen LogP contribution in [0.4, 0.5) is 5.82 Å². The van der Waals surface area contributed by atoms with Crippen molar-refractivity contribution in [2.24, 2.45) is 0 Å². The van der Waals surface area contributed by atoms with E-state index in [1.807, 2.05) is 0 Å². The fourth-order valence-electron chi connectivity index (χ4n) is 2.29. The van der Waals surface area contributed by atoms with Gasteiger partial charge in [-0.15, -0.1) is 0 Å². The van der Waals surface area contributed by atoms with E-state index in [4.69, 9.17) is 27.7 Å². The largest absolute Gasteiger partial charge is 0.389 e. The van der Waals surface area contributed by atoms with Crippen LogP contribution in [0.2, 0.25) is 10.0 Å². The molecule has 3 aromatic rings. The highest BCUT2D eigenvalue weighted by molar-refractivity contribution is 6.35. The minimum atomic E-state index is -0.643. The van der Waals surface area contributed by atoms with Crippen molar-refractivity contribution in [2.75, 3.05) is 13.1 Å². The summed E-state index contributed by atoms with van der Waals surface area (Å²) in [6.07, 6.45) is 1.38. The van der Waals surface area contributed by atoms with E-state index < -0.39 is 16.7 Å². The topological polar surface area (TPSA) is 158 Å². The predicted octanol–water partition coefficient (Wildman–Crippen LogP) is 1.69. The van der Waals surface area contributed by atoms with Crippen LogP contribution in [0.3, 0.4) is 0 Å². The summed E-state index contributed by atoms with van der Waals surface area (Å²) in [6.45, 7) is 0.193. The molecule has 0 atom stereocenters. The lowest BCUT2D eigenvalue weighted by Gasteiger charge is -2.07. The second-order valence-electron chi connectivity index (χ2n) is 5.78. The third kappa shape index (κ3) is 5.30. The summed E-state index contributed by atoms with van der Waals surface area (Å²) in [5.41, 5.74) is 0.218. The second-order valence-corrected chi connectivity index (χ2v) is 6.62. The van der Waals surface area contributed by atoms with Crippen molar-refractivity contribution < 1.29 is 19.0 Å². The first-order valence-electron chi connectivity index (χ1n) is 8.35. The van der Waals surface area contributed by atoms with Gasteiger partial charge in [-0.05, 0) is 23.1 Å². The molecule has 1 aromatic carbocycles. The highest BCUT2D eigenvalue weighted by atomic mass is 35.5. The van der Waals surface area contributed by atoms with Gasteiger partial charge in [0, 0.05) is 18.1 Å². The number of amides is 2. The van der Waals surface area contributed by atoms with E-state index in [2.05, 4.69) is 25.9 Å². The highest BCUT2D eigenvalue weighted by Crippen LogP contribution is 2.20. The van der Waals surface area contributed by atoms with Crippen molar-refractivity contribution in [3.05, 3.63) is 67.9 Å². The molecular formula is C16H13Cl2N7O5. The number of aromatic nitrogens is 4. The summed E-state index contributed by atoms with van der Waals surface area (Å²) in [5.74, 6) is -1.59. The molecule has 0 bridgehead atoms. The quantitative estimate of drug-likeness (QED) is 0.296. The average Bonchev–Trinajstić information content (AvgIpc) is 3.37. The first-order valence-corrected chi connectivity index (χ1v) is 9.11. The van der Waals surface area contributed by atoms with Crippen molar-refractivity contribution in [2.45, 2.75) is 6.54 Å². The number of hydrogen-bond acceptors (Lipinski definition) is 8. The molecule has 0 saturated carbocycles. The van der Waals surface area contributed by atoms with Crippen molar-refractivity contribution in [1.29, 1.82) is 0 Å². The van der Waals surface area contributed by atoms with Gasteiger partial charge in [0.15, 0.2) is 5.82 Å². The Balaban J connectivity index is 1.46. The van der Waals surface area contributed by atoms with Crippen molar-refractivity contribution in [3.8, 4) is 0 Å². The average molecular weight is 454 g/mol. The van der Waals surface area contributed by atoms with E-state index in [0.717, 1.165) is 0 Å². The van der Waals surface area contributed by atoms with Gasteiger partial charge in [-0.1, -0.05) is 28.4 Å². The van der Waals surface area contributed by atoms with Gasteiger partial charge in [-0.3, -0.25) is 9.59 Å². The number of nitrogens with one attached hydrogen (secondary N) is 2. The zero-order valence-electron chi connectivity index (χ0n) is 15.0. The molecule has 3 rings (SSSR count). The molecule has 14 heteroatoms. The van der Waals surface area contributed by atoms with E-state index in [0.29, 0.717) is 5.02 Å². The van der Waals surface area contributed by atoms with E-state index in [1.165, 1.54) is 29.1 Å². The Morgan fingerprint density at radius 2 is 1.90 bits per heavy atom. The summed E-state index contributed by atoms with van der Waals surface area (Å²) in [6, 6.07) is 5.73. The Morgan fingerprint density at radius 3 is 2.60 bits per heavy atom. The molecule has 2 heterocycles. The van der Waals surface area contributed by atoms with Gasteiger partial charge in [-0.25, -0.2) is 0 Å².